The summed E-state index contributed by atoms with van der Waals surface area (Å²) in [5.74, 6) is -1.06. The Balaban J connectivity index is 2.02. The first-order valence-electron chi connectivity index (χ1n) is 6.81. The van der Waals surface area contributed by atoms with Gasteiger partial charge in [0.15, 0.2) is 0 Å². The molecular weight excluding hydrogens is 260 g/mol. The van der Waals surface area contributed by atoms with Crippen molar-refractivity contribution in [3.8, 4) is 0 Å². The second-order valence-corrected chi connectivity index (χ2v) is 5.32. The van der Waals surface area contributed by atoms with Crippen molar-refractivity contribution in [3.05, 3.63) is 12.4 Å². The summed E-state index contributed by atoms with van der Waals surface area (Å²) in [5.41, 5.74) is 5.82. The van der Waals surface area contributed by atoms with Crippen molar-refractivity contribution < 1.29 is 14.7 Å². The molecule has 1 aliphatic rings. The number of hydrogen-bond acceptors (Lipinski definition) is 4. The van der Waals surface area contributed by atoms with E-state index in [-0.39, 0.29) is 12.5 Å². The van der Waals surface area contributed by atoms with Gasteiger partial charge in [0.25, 0.3) is 0 Å². The van der Waals surface area contributed by atoms with Gasteiger partial charge in [0.2, 0.25) is 5.91 Å². The zero-order valence-corrected chi connectivity index (χ0v) is 11.3. The van der Waals surface area contributed by atoms with Gasteiger partial charge in [-0.05, 0) is 12.8 Å². The minimum atomic E-state index is -0.975. The number of carbonyl (C=O) groups excluding carboxylic acids is 1. The van der Waals surface area contributed by atoms with Crippen LogP contribution in [0.15, 0.2) is 12.4 Å². The number of aromatic nitrogens is 2. The van der Waals surface area contributed by atoms with Gasteiger partial charge in [0, 0.05) is 12.7 Å². The Morgan fingerprint density at radius 3 is 2.70 bits per heavy atom. The third kappa shape index (κ3) is 3.16. The highest BCUT2D eigenvalue weighted by molar-refractivity contribution is 5.95. The molecule has 110 valence electrons. The SMILES string of the molecule is NCC1(C(=O)Nc2cnn(CC(=O)O)c2)CCCCC1. The molecule has 1 aliphatic carbocycles. The number of amides is 1. The number of carboxylic acids is 1. The van der Waals surface area contributed by atoms with Crippen LogP contribution in [-0.2, 0) is 16.1 Å². The number of nitrogens with zero attached hydrogens (tertiary/aromatic N) is 2. The Bertz CT molecular complexity index is 492. The number of hydrogen-bond donors (Lipinski definition) is 3. The number of anilines is 1. The number of carboxylic acid groups (broad SMARTS) is 1. The minimum absolute atomic E-state index is 0.0884. The predicted octanol–water partition coefficient (Wildman–Crippen LogP) is 0.815. The average molecular weight is 280 g/mol. The lowest BCUT2D eigenvalue weighted by atomic mass is 9.73. The summed E-state index contributed by atoms with van der Waals surface area (Å²) in [5, 5.41) is 15.4. The molecule has 0 aliphatic heterocycles. The predicted molar refractivity (Wildman–Crippen MR) is 73.1 cm³/mol. The molecule has 0 saturated heterocycles. The number of aliphatic carboxylic acids is 1. The molecule has 1 aromatic rings. The van der Waals surface area contributed by atoms with Crippen LogP contribution >= 0.6 is 0 Å². The fourth-order valence-corrected chi connectivity index (χ4v) is 2.67. The zero-order chi connectivity index (χ0) is 14.6. The number of carbonyl (C=O) groups is 2. The summed E-state index contributed by atoms with van der Waals surface area (Å²) >= 11 is 0. The Labute approximate surface area is 117 Å². The normalized spacial score (nSPS) is 17.6. The third-order valence-electron chi connectivity index (χ3n) is 3.87. The van der Waals surface area contributed by atoms with Gasteiger partial charge in [0.05, 0.1) is 17.3 Å². The molecule has 0 bridgehead atoms. The highest BCUT2D eigenvalue weighted by Gasteiger charge is 2.38. The van der Waals surface area contributed by atoms with Crippen LogP contribution in [0.4, 0.5) is 5.69 Å². The quantitative estimate of drug-likeness (QED) is 0.739. The Morgan fingerprint density at radius 1 is 1.40 bits per heavy atom. The summed E-state index contributed by atoms with van der Waals surface area (Å²) < 4.78 is 1.27. The van der Waals surface area contributed by atoms with Gasteiger partial charge in [-0.3, -0.25) is 14.3 Å². The summed E-state index contributed by atoms with van der Waals surface area (Å²) in [7, 11) is 0. The van der Waals surface area contributed by atoms with E-state index in [1.165, 1.54) is 17.1 Å². The van der Waals surface area contributed by atoms with Crippen LogP contribution in [0.3, 0.4) is 0 Å². The van der Waals surface area contributed by atoms with E-state index >= 15 is 0 Å². The van der Waals surface area contributed by atoms with Gasteiger partial charge in [-0.2, -0.15) is 5.10 Å². The molecule has 2 rings (SSSR count). The molecular formula is C13H20N4O3. The van der Waals surface area contributed by atoms with Crippen molar-refractivity contribution >= 4 is 17.6 Å². The van der Waals surface area contributed by atoms with E-state index in [4.69, 9.17) is 10.8 Å². The van der Waals surface area contributed by atoms with E-state index in [0.29, 0.717) is 12.2 Å². The molecule has 0 radical (unpaired) electrons. The van der Waals surface area contributed by atoms with Gasteiger partial charge in [0.1, 0.15) is 6.54 Å². The summed E-state index contributed by atoms with van der Waals surface area (Å²) in [4.78, 5) is 23.0. The van der Waals surface area contributed by atoms with Gasteiger partial charge in [-0.25, -0.2) is 0 Å². The maximum Gasteiger partial charge on any atom is 0.325 e. The molecule has 0 spiro atoms. The van der Waals surface area contributed by atoms with Crippen LogP contribution in [0.5, 0.6) is 0 Å². The molecule has 1 amide bonds. The molecule has 1 saturated carbocycles. The van der Waals surface area contributed by atoms with E-state index < -0.39 is 11.4 Å². The van der Waals surface area contributed by atoms with Crippen LogP contribution in [-0.4, -0.2) is 33.3 Å². The van der Waals surface area contributed by atoms with Crippen LogP contribution in [0.25, 0.3) is 0 Å². The second-order valence-electron chi connectivity index (χ2n) is 5.32. The average Bonchev–Trinajstić information content (AvgIpc) is 2.85. The topological polar surface area (TPSA) is 110 Å². The molecule has 7 heteroatoms. The largest absolute Gasteiger partial charge is 0.480 e. The van der Waals surface area contributed by atoms with Crippen molar-refractivity contribution in [2.75, 3.05) is 11.9 Å². The van der Waals surface area contributed by atoms with E-state index in [1.807, 2.05) is 0 Å². The lowest BCUT2D eigenvalue weighted by Crippen LogP contribution is -2.43. The van der Waals surface area contributed by atoms with E-state index in [1.54, 1.807) is 0 Å². The van der Waals surface area contributed by atoms with E-state index in [2.05, 4.69) is 10.4 Å². The Kier molecular flexibility index (Phi) is 4.39. The molecule has 1 aromatic heterocycles. The standard InChI is InChI=1S/C13H20N4O3/c14-9-13(4-2-1-3-5-13)12(20)16-10-6-15-17(7-10)8-11(18)19/h6-7H,1-5,8-9,14H2,(H,16,20)(H,18,19). The fourth-order valence-electron chi connectivity index (χ4n) is 2.67. The smallest absolute Gasteiger partial charge is 0.325 e. The molecule has 0 unspecified atom stereocenters. The summed E-state index contributed by atoms with van der Waals surface area (Å²) in [6, 6.07) is 0. The van der Waals surface area contributed by atoms with E-state index in [0.717, 1.165) is 32.1 Å². The van der Waals surface area contributed by atoms with E-state index in [9.17, 15) is 9.59 Å². The van der Waals surface area contributed by atoms with Crippen LogP contribution in [0.2, 0.25) is 0 Å². The van der Waals surface area contributed by atoms with Gasteiger partial charge >= 0.3 is 5.97 Å². The highest BCUT2D eigenvalue weighted by atomic mass is 16.4. The molecule has 1 heterocycles. The number of nitrogens with one attached hydrogen (secondary N) is 1. The van der Waals surface area contributed by atoms with Crippen molar-refractivity contribution in [1.82, 2.24) is 9.78 Å². The Morgan fingerprint density at radius 2 is 2.10 bits per heavy atom. The summed E-state index contributed by atoms with van der Waals surface area (Å²) in [6.45, 7) is 0.111. The molecule has 0 aromatic carbocycles. The molecule has 20 heavy (non-hydrogen) atoms. The van der Waals surface area contributed by atoms with Gasteiger partial charge in [-0.1, -0.05) is 19.3 Å². The van der Waals surface area contributed by atoms with Crippen molar-refractivity contribution in [1.29, 1.82) is 0 Å². The van der Waals surface area contributed by atoms with Crippen molar-refractivity contribution in [2.45, 2.75) is 38.6 Å². The van der Waals surface area contributed by atoms with Gasteiger partial charge < -0.3 is 16.2 Å². The van der Waals surface area contributed by atoms with Crippen LogP contribution in [0.1, 0.15) is 32.1 Å². The molecule has 4 N–H and O–H groups in total. The lowest BCUT2D eigenvalue weighted by Gasteiger charge is -2.34. The molecule has 7 nitrogen and oxygen atoms in total. The first-order valence-corrected chi connectivity index (χ1v) is 6.81. The lowest BCUT2D eigenvalue weighted by molar-refractivity contribution is -0.137. The fraction of sp³-hybridized carbons (Fsp3) is 0.615. The first kappa shape index (κ1) is 14.5. The maximum atomic E-state index is 12.4. The maximum absolute atomic E-state index is 12.4. The van der Waals surface area contributed by atoms with Crippen LogP contribution in [0, 0.1) is 5.41 Å². The third-order valence-corrected chi connectivity index (χ3v) is 3.87. The second kappa shape index (κ2) is 6.04. The van der Waals surface area contributed by atoms with Crippen molar-refractivity contribution in [3.63, 3.8) is 0 Å². The molecule has 1 fully saturated rings. The van der Waals surface area contributed by atoms with Gasteiger partial charge in [-0.15, -0.1) is 0 Å². The molecule has 0 atom stereocenters. The Hall–Kier alpha value is -1.89. The monoisotopic (exact) mass is 280 g/mol. The number of nitrogens with two attached hydrogens (primary N) is 1. The summed E-state index contributed by atoms with van der Waals surface area (Å²) in [6.07, 6.45) is 7.75. The minimum Gasteiger partial charge on any atom is -0.480 e. The first-order chi connectivity index (χ1) is 9.55. The number of rotatable bonds is 5. The van der Waals surface area contributed by atoms with Crippen LogP contribution < -0.4 is 11.1 Å². The zero-order valence-electron chi connectivity index (χ0n) is 11.3. The highest BCUT2D eigenvalue weighted by Crippen LogP contribution is 2.36. The van der Waals surface area contributed by atoms with Crippen molar-refractivity contribution in [2.24, 2.45) is 11.1 Å².